The first kappa shape index (κ1) is 22.9. The van der Waals surface area contributed by atoms with Crippen LogP contribution in [0, 0.1) is 6.92 Å². The summed E-state index contributed by atoms with van der Waals surface area (Å²) in [7, 11) is -3.89. The Morgan fingerprint density at radius 2 is 1.73 bits per heavy atom. The lowest BCUT2D eigenvalue weighted by molar-refractivity contribution is -0.114. The number of aromatic nitrogens is 2. The summed E-state index contributed by atoms with van der Waals surface area (Å²) in [5, 5.41) is 10.4. The Morgan fingerprint density at radius 3 is 2.39 bits per heavy atom. The van der Waals surface area contributed by atoms with E-state index in [2.05, 4.69) is 20.2 Å². The molecule has 2 N–H and O–H groups in total. The van der Waals surface area contributed by atoms with E-state index in [-0.39, 0.29) is 28.5 Å². The van der Waals surface area contributed by atoms with Gasteiger partial charge in [-0.1, -0.05) is 0 Å². The number of aryl methyl sites for hydroxylation is 1. The summed E-state index contributed by atoms with van der Waals surface area (Å²) in [5.74, 6) is -0.519. The number of benzene rings is 1. The third-order valence-corrected chi connectivity index (χ3v) is 7.76. The number of piperidine rings is 1. The minimum Gasteiger partial charge on any atom is -0.411 e. The number of rotatable bonds is 6. The molecule has 2 aromatic heterocycles. The molecular formula is C21H23N5O5S2. The second kappa shape index (κ2) is 9.32. The molecule has 1 fully saturated rings. The standard InChI is InChI=1S/C21H23N5O5S2/c1-13-18(33(29,30)25-16-8-6-15(7-9-16)22-14(2)27)12-17(32-13)19-23-24-20(31-19)21(28)26-10-4-3-5-11-26/h6-9,12,25H,3-5,10-11H2,1-2H3,(H,22,27). The summed E-state index contributed by atoms with van der Waals surface area (Å²) in [4.78, 5) is 26.5. The largest absolute Gasteiger partial charge is 0.411 e. The van der Waals surface area contributed by atoms with E-state index in [9.17, 15) is 18.0 Å². The number of thiophene rings is 1. The molecule has 1 aromatic carbocycles. The van der Waals surface area contributed by atoms with Gasteiger partial charge in [-0.15, -0.1) is 21.5 Å². The van der Waals surface area contributed by atoms with Gasteiger partial charge < -0.3 is 14.6 Å². The summed E-state index contributed by atoms with van der Waals surface area (Å²) < 4.78 is 34.0. The highest BCUT2D eigenvalue weighted by Gasteiger charge is 2.26. The van der Waals surface area contributed by atoms with Crippen LogP contribution in [-0.2, 0) is 14.8 Å². The molecule has 3 heterocycles. The molecule has 33 heavy (non-hydrogen) atoms. The minimum atomic E-state index is -3.89. The number of sulfonamides is 1. The van der Waals surface area contributed by atoms with Gasteiger partial charge in [0.25, 0.3) is 15.9 Å². The molecule has 0 atom stereocenters. The van der Waals surface area contributed by atoms with Crippen LogP contribution in [-0.4, -0.2) is 48.4 Å². The average molecular weight is 490 g/mol. The van der Waals surface area contributed by atoms with Crippen molar-refractivity contribution < 1.29 is 22.4 Å². The van der Waals surface area contributed by atoms with Crippen molar-refractivity contribution in [1.82, 2.24) is 15.1 Å². The Bertz CT molecular complexity index is 1270. The molecule has 2 amide bonds. The quantitative estimate of drug-likeness (QED) is 0.541. The smallest absolute Gasteiger partial charge is 0.311 e. The van der Waals surface area contributed by atoms with Crippen LogP contribution >= 0.6 is 11.3 Å². The molecule has 10 nitrogen and oxygen atoms in total. The fourth-order valence-corrected chi connectivity index (χ4v) is 6.09. The highest BCUT2D eigenvalue weighted by Crippen LogP contribution is 2.34. The summed E-state index contributed by atoms with van der Waals surface area (Å²) >= 11 is 1.19. The fraction of sp³-hybridized carbons (Fsp3) is 0.333. The van der Waals surface area contributed by atoms with Crippen molar-refractivity contribution in [2.75, 3.05) is 23.1 Å². The summed E-state index contributed by atoms with van der Waals surface area (Å²) in [6.07, 6.45) is 2.99. The van der Waals surface area contributed by atoms with Gasteiger partial charge in [-0.05, 0) is 56.5 Å². The third-order valence-electron chi connectivity index (χ3n) is 5.08. The second-order valence-corrected chi connectivity index (χ2v) is 10.6. The Labute approximate surface area is 195 Å². The van der Waals surface area contributed by atoms with Crippen LogP contribution in [0.25, 0.3) is 10.8 Å². The average Bonchev–Trinajstić information content (AvgIpc) is 3.42. The van der Waals surface area contributed by atoms with Crippen molar-refractivity contribution in [3.05, 3.63) is 41.1 Å². The first-order chi connectivity index (χ1) is 15.7. The number of hydrogen-bond acceptors (Lipinski definition) is 8. The zero-order valence-corrected chi connectivity index (χ0v) is 19.8. The lowest BCUT2D eigenvalue weighted by Crippen LogP contribution is -2.35. The molecule has 0 spiro atoms. The van der Waals surface area contributed by atoms with Gasteiger partial charge >= 0.3 is 11.8 Å². The zero-order valence-electron chi connectivity index (χ0n) is 18.1. The molecular weight excluding hydrogens is 466 g/mol. The summed E-state index contributed by atoms with van der Waals surface area (Å²) in [6, 6.07) is 7.77. The number of carbonyl (C=O) groups excluding carboxylic acids is 2. The van der Waals surface area contributed by atoms with Gasteiger partial charge in [-0.3, -0.25) is 14.3 Å². The Hall–Kier alpha value is -3.25. The lowest BCUT2D eigenvalue weighted by Gasteiger charge is -2.24. The van der Waals surface area contributed by atoms with Gasteiger partial charge in [0, 0.05) is 36.3 Å². The van der Waals surface area contributed by atoms with Gasteiger partial charge in [-0.25, -0.2) is 8.42 Å². The van der Waals surface area contributed by atoms with Crippen LogP contribution in [0.4, 0.5) is 11.4 Å². The molecule has 0 aliphatic carbocycles. The van der Waals surface area contributed by atoms with Crippen LogP contribution in [0.1, 0.15) is 41.7 Å². The van der Waals surface area contributed by atoms with E-state index < -0.39 is 10.0 Å². The first-order valence-corrected chi connectivity index (χ1v) is 12.7. The summed E-state index contributed by atoms with van der Waals surface area (Å²) in [5.41, 5.74) is 0.911. The molecule has 1 aliphatic heterocycles. The topological polar surface area (TPSA) is 134 Å². The fourth-order valence-electron chi connectivity index (χ4n) is 3.51. The van der Waals surface area contributed by atoms with Gasteiger partial charge in [0.2, 0.25) is 5.91 Å². The van der Waals surface area contributed by atoms with Crippen molar-refractivity contribution in [3.63, 3.8) is 0 Å². The van der Waals surface area contributed by atoms with E-state index in [1.165, 1.54) is 24.3 Å². The van der Waals surface area contributed by atoms with Crippen molar-refractivity contribution in [3.8, 4) is 10.8 Å². The van der Waals surface area contributed by atoms with Crippen LogP contribution in [0.2, 0.25) is 0 Å². The molecule has 0 unspecified atom stereocenters. The van der Waals surface area contributed by atoms with E-state index in [1.807, 2.05) is 0 Å². The van der Waals surface area contributed by atoms with Gasteiger partial charge in [0.1, 0.15) is 4.90 Å². The number of nitrogens with one attached hydrogen (secondary N) is 2. The number of likely N-dealkylation sites (tertiary alicyclic amines) is 1. The molecule has 174 valence electrons. The van der Waals surface area contributed by atoms with Crippen molar-refractivity contribution >= 4 is 44.5 Å². The van der Waals surface area contributed by atoms with Gasteiger partial charge in [0.15, 0.2) is 0 Å². The Kier molecular flexibility index (Phi) is 6.47. The number of anilines is 2. The second-order valence-electron chi connectivity index (χ2n) is 7.66. The van der Waals surface area contributed by atoms with Crippen molar-refractivity contribution in [2.24, 2.45) is 0 Å². The molecule has 0 saturated carbocycles. The third kappa shape index (κ3) is 5.22. The van der Waals surface area contributed by atoms with Crippen molar-refractivity contribution in [2.45, 2.75) is 38.0 Å². The number of amides is 2. The maximum absolute atomic E-state index is 12.9. The zero-order chi connectivity index (χ0) is 23.6. The normalized spacial score (nSPS) is 14.2. The number of carbonyl (C=O) groups is 2. The predicted molar refractivity (Wildman–Crippen MR) is 124 cm³/mol. The van der Waals surface area contributed by atoms with Crippen LogP contribution < -0.4 is 10.0 Å². The highest BCUT2D eigenvalue weighted by molar-refractivity contribution is 7.93. The molecule has 0 bridgehead atoms. The van der Waals surface area contributed by atoms with E-state index in [0.717, 1.165) is 19.3 Å². The maximum Gasteiger partial charge on any atom is 0.311 e. The molecule has 0 radical (unpaired) electrons. The van der Waals surface area contributed by atoms with E-state index in [1.54, 1.807) is 36.1 Å². The Morgan fingerprint density at radius 1 is 1.06 bits per heavy atom. The molecule has 3 aromatic rings. The van der Waals surface area contributed by atoms with E-state index >= 15 is 0 Å². The predicted octanol–water partition coefficient (Wildman–Crippen LogP) is 3.49. The molecule has 12 heteroatoms. The Balaban J connectivity index is 1.51. The number of hydrogen-bond donors (Lipinski definition) is 2. The molecule has 1 saturated heterocycles. The SMILES string of the molecule is CC(=O)Nc1ccc(NS(=O)(=O)c2cc(-c3nnc(C(=O)N4CCCCC4)o3)sc2C)cc1. The van der Waals surface area contributed by atoms with E-state index in [4.69, 9.17) is 4.42 Å². The number of nitrogens with zero attached hydrogens (tertiary/aromatic N) is 3. The molecule has 1 aliphatic rings. The van der Waals surface area contributed by atoms with Gasteiger partial charge in [0.05, 0.1) is 4.88 Å². The maximum atomic E-state index is 12.9. The molecule has 4 rings (SSSR count). The lowest BCUT2D eigenvalue weighted by atomic mass is 10.1. The highest BCUT2D eigenvalue weighted by atomic mass is 32.2. The van der Waals surface area contributed by atoms with Crippen LogP contribution in [0.5, 0.6) is 0 Å². The first-order valence-electron chi connectivity index (χ1n) is 10.4. The summed E-state index contributed by atoms with van der Waals surface area (Å²) in [6.45, 7) is 4.39. The van der Waals surface area contributed by atoms with Crippen molar-refractivity contribution in [1.29, 1.82) is 0 Å². The van der Waals surface area contributed by atoms with Gasteiger partial charge in [-0.2, -0.15) is 0 Å². The van der Waals surface area contributed by atoms with Crippen LogP contribution in [0.15, 0.2) is 39.6 Å². The van der Waals surface area contributed by atoms with Crippen LogP contribution in [0.3, 0.4) is 0 Å². The minimum absolute atomic E-state index is 0.0792. The monoisotopic (exact) mass is 489 g/mol. The van der Waals surface area contributed by atoms with E-state index in [0.29, 0.717) is 34.2 Å².